The molecular weight excluding hydrogens is 348 g/mol. The molecule has 140 valence electrons. The highest BCUT2D eigenvalue weighted by Gasteiger charge is 2.35. The van der Waals surface area contributed by atoms with Crippen molar-refractivity contribution in [2.75, 3.05) is 18.1 Å². The molecule has 1 aromatic heterocycles. The standard InChI is InChI=1S/C20H26N2O3S/c1-4-11-21(18-10-12-26(24,25)14-18)20(23)19-13-15(2)22(16(19)3)17-8-6-5-7-9-17/h5-9,13,18H,4,10-12,14H2,1-3H3. The molecule has 0 aliphatic carbocycles. The Morgan fingerprint density at radius 2 is 1.92 bits per heavy atom. The fourth-order valence-electron chi connectivity index (χ4n) is 3.82. The number of amides is 1. The van der Waals surface area contributed by atoms with Gasteiger partial charge in [0.05, 0.1) is 17.1 Å². The number of carbonyl (C=O) groups excluding carboxylic acids is 1. The molecule has 1 aromatic carbocycles. The summed E-state index contributed by atoms with van der Waals surface area (Å²) in [4.78, 5) is 15.0. The molecule has 1 aliphatic heterocycles. The lowest BCUT2D eigenvalue weighted by molar-refractivity contribution is 0.0696. The Balaban J connectivity index is 1.96. The van der Waals surface area contributed by atoms with Crippen LogP contribution in [-0.2, 0) is 9.84 Å². The van der Waals surface area contributed by atoms with Gasteiger partial charge >= 0.3 is 0 Å². The van der Waals surface area contributed by atoms with E-state index in [4.69, 9.17) is 0 Å². The Morgan fingerprint density at radius 1 is 1.23 bits per heavy atom. The van der Waals surface area contributed by atoms with Crippen molar-refractivity contribution < 1.29 is 13.2 Å². The molecule has 6 heteroatoms. The van der Waals surface area contributed by atoms with E-state index >= 15 is 0 Å². The second kappa shape index (κ2) is 7.27. The normalized spacial score (nSPS) is 18.8. The molecule has 2 aromatic rings. The molecule has 1 unspecified atom stereocenters. The zero-order valence-electron chi connectivity index (χ0n) is 15.6. The highest BCUT2D eigenvalue weighted by Crippen LogP contribution is 2.25. The van der Waals surface area contributed by atoms with Gasteiger partial charge in [-0.25, -0.2) is 8.42 Å². The Morgan fingerprint density at radius 3 is 2.50 bits per heavy atom. The van der Waals surface area contributed by atoms with Crippen molar-refractivity contribution in [1.29, 1.82) is 0 Å². The summed E-state index contributed by atoms with van der Waals surface area (Å²) in [5.74, 6) is 0.189. The van der Waals surface area contributed by atoms with Gasteiger partial charge < -0.3 is 9.47 Å². The van der Waals surface area contributed by atoms with Crippen LogP contribution in [0.2, 0.25) is 0 Å². The molecule has 3 rings (SSSR count). The van der Waals surface area contributed by atoms with Gasteiger partial charge in [0, 0.05) is 29.7 Å². The quantitative estimate of drug-likeness (QED) is 0.808. The largest absolute Gasteiger partial charge is 0.335 e. The highest BCUT2D eigenvalue weighted by atomic mass is 32.2. The van der Waals surface area contributed by atoms with Crippen LogP contribution in [-0.4, -0.2) is 47.9 Å². The third-order valence-corrected chi connectivity index (χ3v) is 6.80. The molecule has 0 N–H and O–H groups in total. The van der Waals surface area contributed by atoms with Crippen molar-refractivity contribution in [1.82, 2.24) is 9.47 Å². The summed E-state index contributed by atoms with van der Waals surface area (Å²) < 4.78 is 25.8. The molecule has 0 spiro atoms. The summed E-state index contributed by atoms with van der Waals surface area (Å²) in [6.45, 7) is 6.52. The SMILES string of the molecule is CCCN(C(=O)c1cc(C)n(-c2ccccc2)c1C)C1CCS(=O)(=O)C1. The number of hydrogen-bond donors (Lipinski definition) is 0. The lowest BCUT2D eigenvalue weighted by Gasteiger charge is -2.28. The van der Waals surface area contributed by atoms with Gasteiger partial charge in [-0.1, -0.05) is 25.1 Å². The molecular formula is C20H26N2O3S. The maximum atomic E-state index is 13.3. The predicted molar refractivity (Wildman–Crippen MR) is 104 cm³/mol. The molecule has 1 saturated heterocycles. The molecule has 26 heavy (non-hydrogen) atoms. The van der Waals surface area contributed by atoms with Crippen molar-refractivity contribution in [3.05, 3.63) is 53.3 Å². The van der Waals surface area contributed by atoms with E-state index in [0.717, 1.165) is 23.5 Å². The average molecular weight is 375 g/mol. The minimum Gasteiger partial charge on any atom is -0.335 e. The predicted octanol–water partition coefficient (Wildman–Crippen LogP) is 3.13. The van der Waals surface area contributed by atoms with Gasteiger partial charge in [-0.2, -0.15) is 0 Å². The number of nitrogens with zero attached hydrogens (tertiary/aromatic N) is 2. The van der Waals surface area contributed by atoms with Gasteiger partial charge in [0.25, 0.3) is 5.91 Å². The summed E-state index contributed by atoms with van der Waals surface area (Å²) >= 11 is 0. The molecule has 0 bridgehead atoms. The van der Waals surface area contributed by atoms with Gasteiger partial charge in [0.2, 0.25) is 0 Å². The van der Waals surface area contributed by atoms with Crippen molar-refractivity contribution in [2.24, 2.45) is 0 Å². The Hall–Kier alpha value is -2.08. The monoisotopic (exact) mass is 374 g/mol. The first-order valence-corrected chi connectivity index (χ1v) is 10.9. The van der Waals surface area contributed by atoms with Crippen LogP contribution in [0, 0.1) is 13.8 Å². The third-order valence-electron chi connectivity index (χ3n) is 5.05. The van der Waals surface area contributed by atoms with Crippen molar-refractivity contribution in [2.45, 2.75) is 39.7 Å². The molecule has 0 radical (unpaired) electrons. The number of benzene rings is 1. The number of carbonyl (C=O) groups is 1. The summed E-state index contributed by atoms with van der Waals surface area (Å²) in [5, 5.41) is 0. The fourth-order valence-corrected chi connectivity index (χ4v) is 5.55. The van der Waals surface area contributed by atoms with Crippen LogP contribution in [0.25, 0.3) is 5.69 Å². The summed E-state index contributed by atoms with van der Waals surface area (Å²) in [6.07, 6.45) is 1.34. The fraction of sp³-hybridized carbons (Fsp3) is 0.450. The van der Waals surface area contributed by atoms with Gasteiger partial charge in [-0.15, -0.1) is 0 Å². The number of hydrogen-bond acceptors (Lipinski definition) is 3. The number of rotatable bonds is 5. The van der Waals surface area contributed by atoms with Crippen LogP contribution in [0.3, 0.4) is 0 Å². The molecule has 1 aliphatic rings. The number of para-hydroxylation sites is 1. The number of aromatic nitrogens is 1. The minimum atomic E-state index is -3.03. The first-order valence-electron chi connectivity index (χ1n) is 9.10. The zero-order chi connectivity index (χ0) is 18.9. The summed E-state index contributed by atoms with van der Waals surface area (Å²) in [5.41, 5.74) is 3.56. The van der Waals surface area contributed by atoms with E-state index in [2.05, 4.69) is 4.57 Å². The Bertz CT molecular complexity index is 901. The smallest absolute Gasteiger partial charge is 0.255 e. The van der Waals surface area contributed by atoms with Gasteiger partial charge in [-0.05, 0) is 44.9 Å². The number of aryl methyl sites for hydroxylation is 1. The molecule has 5 nitrogen and oxygen atoms in total. The van der Waals surface area contributed by atoms with Crippen molar-refractivity contribution in [3.63, 3.8) is 0 Å². The van der Waals surface area contributed by atoms with Crippen LogP contribution in [0.5, 0.6) is 0 Å². The first kappa shape index (κ1) is 18.7. The average Bonchev–Trinajstić information content (AvgIpc) is 3.11. The molecule has 2 heterocycles. The summed E-state index contributed by atoms with van der Waals surface area (Å²) in [7, 11) is -3.03. The van der Waals surface area contributed by atoms with E-state index in [1.165, 1.54) is 0 Å². The van der Waals surface area contributed by atoms with Gasteiger partial charge in [0.15, 0.2) is 9.84 Å². The zero-order valence-corrected chi connectivity index (χ0v) is 16.4. The second-order valence-electron chi connectivity index (χ2n) is 7.01. The molecule has 1 fully saturated rings. The van der Waals surface area contributed by atoms with E-state index < -0.39 is 9.84 Å². The van der Waals surface area contributed by atoms with Crippen LogP contribution >= 0.6 is 0 Å². The first-order chi connectivity index (χ1) is 12.3. The maximum absolute atomic E-state index is 13.3. The van der Waals surface area contributed by atoms with Gasteiger partial charge in [0.1, 0.15) is 0 Å². The Kier molecular flexibility index (Phi) is 5.23. The minimum absolute atomic E-state index is 0.0655. The number of sulfone groups is 1. The van der Waals surface area contributed by atoms with Crippen LogP contribution < -0.4 is 0 Å². The highest BCUT2D eigenvalue weighted by molar-refractivity contribution is 7.91. The van der Waals surface area contributed by atoms with Crippen LogP contribution in [0.4, 0.5) is 0 Å². The lowest BCUT2D eigenvalue weighted by Crippen LogP contribution is -2.41. The van der Waals surface area contributed by atoms with Crippen molar-refractivity contribution >= 4 is 15.7 Å². The topological polar surface area (TPSA) is 59.4 Å². The van der Waals surface area contributed by atoms with E-state index in [0.29, 0.717) is 18.5 Å². The second-order valence-corrected chi connectivity index (χ2v) is 9.24. The van der Waals surface area contributed by atoms with E-state index in [-0.39, 0.29) is 23.5 Å². The van der Waals surface area contributed by atoms with Crippen LogP contribution in [0.1, 0.15) is 41.5 Å². The van der Waals surface area contributed by atoms with Crippen molar-refractivity contribution in [3.8, 4) is 5.69 Å². The third kappa shape index (κ3) is 3.56. The Labute approximate surface area is 155 Å². The summed E-state index contributed by atoms with van der Waals surface area (Å²) in [6, 6.07) is 11.6. The van der Waals surface area contributed by atoms with E-state index in [9.17, 15) is 13.2 Å². The van der Waals surface area contributed by atoms with E-state index in [1.54, 1.807) is 4.90 Å². The van der Waals surface area contributed by atoms with E-state index in [1.807, 2.05) is 57.2 Å². The lowest BCUT2D eigenvalue weighted by atomic mass is 10.1. The molecule has 0 saturated carbocycles. The van der Waals surface area contributed by atoms with Crippen LogP contribution in [0.15, 0.2) is 36.4 Å². The van der Waals surface area contributed by atoms with Gasteiger partial charge in [-0.3, -0.25) is 4.79 Å². The molecule has 1 atom stereocenters. The maximum Gasteiger partial charge on any atom is 0.255 e. The molecule has 1 amide bonds.